The molecule has 0 spiro atoms. The minimum Gasteiger partial charge on any atom is -0.0888 e. The second-order valence-electron chi connectivity index (χ2n) is 5.95. The van der Waals surface area contributed by atoms with Gasteiger partial charge in [0.1, 0.15) is 0 Å². The van der Waals surface area contributed by atoms with E-state index in [1.165, 1.54) is 32.1 Å². The lowest BCUT2D eigenvalue weighted by molar-refractivity contribution is 0.281. The van der Waals surface area contributed by atoms with Crippen LogP contribution in [0, 0.1) is 11.8 Å². The fraction of sp³-hybridized carbons (Fsp3) is 0.647. The Morgan fingerprint density at radius 2 is 1.94 bits per heavy atom. The van der Waals surface area contributed by atoms with Gasteiger partial charge in [0, 0.05) is 4.83 Å². The van der Waals surface area contributed by atoms with Gasteiger partial charge in [-0.05, 0) is 49.0 Å². The van der Waals surface area contributed by atoms with Gasteiger partial charge in [0.05, 0.1) is 0 Å². The quantitative estimate of drug-likeness (QED) is 0.619. The van der Waals surface area contributed by atoms with E-state index in [1.54, 1.807) is 5.56 Å². The van der Waals surface area contributed by atoms with E-state index in [0.717, 1.165) is 22.6 Å². The highest BCUT2D eigenvalue weighted by Gasteiger charge is 2.30. The molecule has 1 aromatic carbocycles. The molecule has 0 radical (unpaired) electrons. The van der Waals surface area contributed by atoms with Crippen molar-refractivity contribution in [2.75, 3.05) is 0 Å². The molecule has 100 valence electrons. The second kappa shape index (κ2) is 6.75. The Morgan fingerprint density at radius 3 is 2.61 bits per heavy atom. The van der Waals surface area contributed by atoms with Gasteiger partial charge in [-0.1, -0.05) is 66.5 Å². The van der Waals surface area contributed by atoms with Crippen molar-refractivity contribution in [2.45, 2.75) is 56.7 Å². The Labute approximate surface area is 120 Å². The van der Waals surface area contributed by atoms with Gasteiger partial charge in [0.2, 0.25) is 0 Å². The molecule has 0 bridgehead atoms. The fourth-order valence-electron chi connectivity index (χ4n) is 3.18. The van der Waals surface area contributed by atoms with E-state index in [1.807, 2.05) is 0 Å². The average Bonchev–Trinajstić information content (AvgIpc) is 2.42. The lowest BCUT2D eigenvalue weighted by atomic mass is 9.75. The molecule has 0 N–H and O–H groups in total. The van der Waals surface area contributed by atoms with Crippen LogP contribution in [0.3, 0.4) is 0 Å². The first-order chi connectivity index (χ1) is 8.70. The van der Waals surface area contributed by atoms with Crippen molar-refractivity contribution in [3.05, 3.63) is 35.9 Å². The van der Waals surface area contributed by atoms with E-state index in [-0.39, 0.29) is 0 Å². The largest absolute Gasteiger partial charge is 0.0888 e. The SMILES string of the molecule is CCC(C)CC1CC(c2ccccc2)CCC1Br. The second-order valence-corrected chi connectivity index (χ2v) is 7.12. The zero-order valence-electron chi connectivity index (χ0n) is 11.6. The molecule has 1 aliphatic rings. The van der Waals surface area contributed by atoms with E-state index in [4.69, 9.17) is 0 Å². The summed E-state index contributed by atoms with van der Waals surface area (Å²) >= 11 is 3.91. The van der Waals surface area contributed by atoms with Crippen LogP contribution in [0.25, 0.3) is 0 Å². The number of rotatable bonds is 4. The predicted molar refractivity (Wildman–Crippen MR) is 83.3 cm³/mol. The summed E-state index contributed by atoms with van der Waals surface area (Å²) in [6.07, 6.45) is 6.74. The molecule has 4 unspecified atom stereocenters. The van der Waals surface area contributed by atoms with Crippen LogP contribution in [0.5, 0.6) is 0 Å². The molecular formula is C17H25Br. The third kappa shape index (κ3) is 3.60. The van der Waals surface area contributed by atoms with Gasteiger partial charge in [-0.15, -0.1) is 0 Å². The minimum atomic E-state index is 0.742. The van der Waals surface area contributed by atoms with Crippen LogP contribution < -0.4 is 0 Å². The first-order valence-corrected chi connectivity index (χ1v) is 8.31. The molecular weight excluding hydrogens is 284 g/mol. The Bertz CT molecular complexity index is 346. The van der Waals surface area contributed by atoms with E-state index in [0.29, 0.717) is 0 Å². The third-order valence-electron chi connectivity index (χ3n) is 4.56. The van der Waals surface area contributed by atoms with Crippen LogP contribution in [0.4, 0.5) is 0 Å². The molecule has 0 aromatic heterocycles. The van der Waals surface area contributed by atoms with Crippen LogP contribution in [0.2, 0.25) is 0 Å². The molecule has 18 heavy (non-hydrogen) atoms. The van der Waals surface area contributed by atoms with Crippen LogP contribution in [-0.4, -0.2) is 4.83 Å². The number of hydrogen-bond acceptors (Lipinski definition) is 0. The molecule has 1 heteroatoms. The highest BCUT2D eigenvalue weighted by atomic mass is 79.9. The van der Waals surface area contributed by atoms with Gasteiger partial charge < -0.3 is 0 Å². The zero-order valence-corrected chi connectivity index (χ0v) is 13.2. The molecule has 1 fully saturated rings. The normalized spacial score (nSPS) is 30.1. The van der Waals surface area contributed by atoms with Gasteiger partial charge >= 0.3 is 0 Å². The van der Waals surface area contributed by atoms with Gasteiger partial charge in [-0.3, -0.25) is 0 Å². The Hall–Kier alpha value is -0.300. The number of hydrogen-bond donors (Lipinski definition) is 0. The molecule has 1 aliphatic carbocycles. The maximum absolute atomic E-state index is 3.91. The smallest absolute Gasteiger partial charge is 0.0174 e. The standard InChI is InChI=1S/C17H25Br/c1-3-13(2)11-16-12-15(9-10-17(16)18)14-7-5-4-6-8-14/h4-8,13,15-17H,3,9-12H2,1-2H3. The fourth-order valence-corrected chi connectivity index (χ4v) is 3.88. The van der Waals surface area contributed by atoms with Crippen molar-refractivity contribution in [1.82, 2.24) is 0 Å². The van der Waals surface area contributed by atoms with Crippen molar-refractivity contribution in [3.8, 4) is 0 Å². The van der Waals surface area contributed by atoms with Crippen molar-refractivity contribution >= 4 is 15.9 Å². The Balaban J connectivity index is 2.00. The molecule has 1 aromatic rings. The van der Waals surface area contributed by atoms with Crippen molar-refractivity contribution in [1.29, 1.82) is 0 Å². The number of halogens is 1. The molecule has 4 atom stereocenters. The number of benzene rings is 1. The van der Waals surface area contributed by atoms with E-state index < -0.39 is 0 Å². The lowest BCUT2D eigenvalue weighted by Crippen LogP contribution is -2.25. The van der Waals surface area contributed by atoms with E-state index >= 15 is 0 Å². The predicted octanol–water partition coefficient (Wildman–Crippen LogP) is 5.77. The molecule has 0 heterocycles. The summed E-state index contributed by atoms with van der Waals surface area (Å²) in [6, 6.07) is 11.1. The maximum Gasteiger partial charge on any atom is 0.0174 e. The van der Waals surface area contributed by atoms with Gasteiger partial charge in [0.25, 0.3) is 0 Å². The lowest BCUT2D eigenvalue weighted by Gasteiger charge is -2.35. The highest BCUT2D eigenvalue weighted by molar-refractivity contribution is 9.09. The first kappa shape index (κ1) is 14.1. The van der Waals surface area contributed by atoms with Crippen molar-refractivity contribution < 1.29 is 0 Å². The summed E-state index contributed by atoms with van der Waals surface area (Å²) in [6.45, 7) is 4.71. The summed E-state index contributed by atoms with van der Waals surface area (Å²) in [4.78, 5) is 0.742. The minimum absolute atomic E-state index is 0.742. The zero-order chi connectivity index (χ0) is 13.0. The average molecular weight is 309 g/mol. The van der Waals surface area contributed by atoms with Gasteiger partial charge in [-0.2, -0.15) is 0 Å². The van der Waals surface area contributed by atoms with E-state index in [9.17, 15) is 0 Å². The topological polar surface area (TPSA) is 0 Å². The van der Waals surface area contributed by atoms with Gasteiger partial charge in [-0.25, -0.2) is 0 Å². The maximum atomic E-state index is 3.91. The first-order valence-electron chi connectivity index (χ1n) is 7.39. The van der Waals surface area contributed by atoms with Crippen molar-refractivity contribution in [3.63, 3.8) is 0 Å². The van der Waals surface area contributed by atoms with Crippen LogP contribution in [0.1, 0.15) is 57.4 Å². The summed E-state index contributed by atoms with van der Waals surface area (Å²) < 4.78 is 0. The third-order valence-corrected chi connectivity index (χ3v) is 5.77. The van der Waals surface area contributed by atoms with Crippen molar-refractivity contribution in [2.24, 2.45) is 11.8 Å². The monoisotopic (exact) mass is 308 g/mol. The molecule has 0 saturated heterocycles. The Morgan fingerprint density at radius 1 is 1.22 bits per heavy atom. The molecule has 0 amide bonds. The van der Waals surface area contributed by atoms with Crippen LogP contribution >= 0.6 is 15.9 Å². The van der Waals surface area contributed by atoms with E-state index in [2.05, 4.69) is 60.1 Å². The molecule has 0 nitrogen and oxygen atoms in total. The Kier molecular flexibility index (Phi) is 5.29. The molecule has 2 rings (SSSR count). The van der Waals surface area contributed by atoms with Crippen LogP contribution in [-0.2, 0) is 0 Å². The molecule has 0 aliphatic heterocycles. The molecule has 1 saturated carbocycles. The summed E-state index contributed by atoms with van der Waals surface area (Å²) in [7, 11) is 0. The van der Waals surface area contributed by atoms with Gasteiger partial charge in [0.15, 0.2) is 0 Å². The highest BCUT2D eigenvalue weighted by Crippen LogP contribution is 2.42. The summed E-state index contributed by atoms with van der Waals surface area (Å²) in [5.41, 5.74) is 1.55. The number of alkyl halides is 1. The van der Waals surface area contributed by atoms with Crippen LogP contribution in [0.15, 0.2) is 30.3 Å². The summed E-state index contributed by atoms with van der Waals surface area (Å²) in [5, 5.41) is 0. The summed E-state index contributed by atoms with van der Waals surface area (Å²) in [5.74, 6) is 2.51.